The summed E-state index contributed by atoms with van der Waals surface area (Å²) >= 11 is 3.57. The third-order valence-electron chi connectivity index (χ3n) is 3.87. The van der Waals surface area contributed by atoms with E-state index in [4.69, 9.17) is 9.47 Å². The Bertz CT molecular complexity index is 502. The van der Waals surface area contributed by atoms with Crippen LogP contribution in [0.25, 0.3) is 0 Å². The van der Waals surface area contributed by atoms with Crippen LogP contribution in [-0.4, -0.2) is 41.9 Å². The molecule has 0 saturated heterocycles. The average molecular weight is 340 g/mol. The maximum absolute atomic E-state index is 12.4. The predicted octanol–water partition coefficient (Wildman–Crippen LogP) is 2.46. The highest BCUT2D eigenvalue weighted by Gasteiger charge is 2.33. The molecule has 20 heavy (non-hydrogen) atoms. The van der Waals surface area contributed by atoms with Gasteiger partial charge in [0.15, 0.2) is 11.5 Å². The van der Waals surface area contributed by atoms with Crippen LogP contribution >= 0.6 is 15.9 Å². The Kier molecular flexibility index (Phi) is 3.87. The average Bonchev–Trinajstić information content (AvgIpc) is 2.44. The van der Waals surface area contributed by atoms with Gasteiger partial charge in [-0.25, -0.2) is 0 Å². The van der Waals surface area contributed by atoms with Crippen molar-refractivity contribution in [3.05, 3.63) is 24.3 Å². The molecule has 1 aromatic carbocycles. The predicted molar refractivity (Wildman–Crippen MR) is 79.4 cm³/mol. The highest BCUT2D eigenvalue weighted by atomic mass is 79.9. The number of ether oxygens (including phenoxy) is 2. The molecule has 1 aliphatic heterocycles. The zero-order valence-corrected chi connectivity index (χ0v) is 13.0. The molecule has 1 fully saturated rings. The van der Waals surface area contributed by atoms with Crippen molar-refractivity contribution in [3.63, 3.8) is 0 Å². The second-order valence-corrected chi connectivity index (χ2v) is 6.81. The minimum Gasteiger partial charge on any atom is -0.485 e. The van der Waals surface area contributed by atoms with E-state index >= 15 is 0 Å². The van der Waals surface area contributed by atoms with Crippen molar-refractivity contribution < 1.29 is 14.3 Å². The molecule has 3 rings (SSSR count). The van der Waals surface area contributed by atoms with Crippen LogP contribution < -0.4 is 9.47 Å². The van der Waals surface area contributed by atoms with Gasteiger partial charge in [-0.05, 0) is 30.9 Å². The van der Waals surface area contributed by atoms with Crippen LogP contribution in [0.5, 0.6) is 11.5 Å². The van der Waals surface area contributed by atoms with E-state index in [9.17, 15) is 4.79 Å². The Balaban J connectivity index is 1.58. The number of para-hydroxylation sites is 2. The molecule has 2 aliphatic rings. The fraction of sp³-hybridized carbons (Fsp3) is 0.533. The van der Waals surface area contributed by atoms with Gasteiger partial charge in [0, 0.05) is 18.4 Å². The number of hydrogen-bond acceptors (Lipinski definition) is 3. The summed E-state index contributed by atoms with van der Waals surface area (Å²) in [5.41, 5.74) is 0. The van der Waals surface area contributed by atoms with Crippen molar-refractivity contribution in [2.24, 2.45) is 5.92 Å². The standard InChI is InChI=1S/C15H18BrNO3/c1-17(8-10-6-11(16)7-10)15(18)14-9-19-12-4-2-3-5-13(12)20-14/h2-5,10-11,14H,6-9H2,1H3. The summed E-state index contributed by atoms with van der Waals surface area (Å²) in [6.45, 7) is 1.08. The van der Waals surface area contributed by atoms with Crippen LogP contribution in [0.3, 0.4) is 0 Å². The zero-order chi connectivity index (χ0) is 14.1. The molecule has 0 aromatic heterocycles. The summed E-state index contributed by atoms with van der Waals surface area (Å²) in [4.78, 5) is 14.8. The first-order valence-electron chi connectivity index (χ1n) is 6.91. The lowest BCUT2D eigenvalue weighted by atomic mass is 9.85. The van der Waals surface area contributed by atoms with Crippen molar-refractivity contribution in [1.82, 2.24) is 4.90 Å². The van der Waals surface area contributed by atoms with Gasteiger partial charge in [-0.1, -0.05) is 28.1 Å². The fourth-order valence-electron chi connectivity index (χ4n) is 2.67. The third kappa shape index (κ3) is 2.77. The Morgan fingerprint density at radius 1 is 1.35 bits per heavy atom. The third-order valence-corrected chi connectivity index (χ3v) is 4.62. The van der Waals surface area contributed by atoms with E-state index in [1.165, 1.54) is 0 Å². The van der Waals surface area contributed by atoms with E-state index in [1.54, 1.807) is 4.90 Å². The van der Waals surface area contributed by atoms with E-state index in [2.05, 4.69) is 15.9 Å². The first kappa shape index (κ1) is 13.7. The molecule has 1 heterocycles. The number of carbonyl (C=O) groups is 1. The second-order valence-electron chi connectivity index (χ2n) is 5.52. The second kappa shape index (κ2) is 5.64. The lowest BCUT2D eigenvalue weighted by Crippen LogP contribution is -2.47. The van der Waals surface area contributed by atoms with Crippen molar-refractivity contribution in [2.45, 2.75) is 23.8 Å². The number of rotatable bonds is 3. The molecule has 0 radical (unpaired) electrons. The summed E-state index contributed by atoms with van der Waals surface area (Å²) in [5, 5.41) is 0. The minimum absolute atomic E-state index is 0.00229. The number of fused-ring (bicyclic) bond motifs is 1. The van der Waals surface area contributed by atoms with Crippen LogP contribution in [0, 0.1) is 5.92 Å². The highest BCUT2D eigenvalue weighted by molar-refractivity contribution is 9.09. The van der Waals surface area contributed by atoms with Gasteiger partial charge in [-0.2, -0.15) is 0 Å². The van der Waals surface area contributed by atoms with Gasteiger partial charge in [0.25, 0.3) is 5.91 Å². The van der Waals surface area contributed by atoms with Crippen molar-refractivity contribution >= 4 is 21.8 Å². The molecule has 0 spiro atoms. The smallest absolute Gasteiger partial charge is 0.267 e. The van der Waals surface area contributed by atoms with Gasteiger partial charge < -0.3 is 14.4 Å². The maximum atomic E-state index is 12.4. The van der Waals surface area contributed by atoms with E-state index in [1.807, 2.05) is 31.3 Å². The Labute approximate surface area is 127 Å². The molecular formula is C15H18BrNO3. The number of likely N-dealkylation sites (N-methyl/N-ethyl adjacent to an activating group) is 1. The maximum Gasteiger partial charge on any atom is 0.267 e. The summed E-state index contributed by atoms with van der Waals surface area (Å²) in [6, 6.07) is 7.45. The van der Waals surface area contributed by atoms with Gasteiger partial charge in [-0.3, -0.25) is 4.79 Å². The number of amides is 1. The summed E-state index contributed by atoms with van der Waals surface area (Å²) < 4.78 is 11.3. The zero-order valence-electron chi connectivity index (χ0n) is 11.4. The van der Waals surface area contributed by atoms with E-state index in [-0.39, 0.29) is 12.5 Å². The minimum atomic E-state index is -0.533. The molecule has 4 nitrogen and oxygen atoms in total. The molecule has 1 saturated carbocycles. The quantitative estimate of drug-likeness (QED) is 0.794. The van der Waals surface area contributed by atoms with Gasteiger partial charge in [0.2, 0.25) is 6.10 Å². The van der Waals surface area contributed by atoms with Crippen LogP contribution in [0.1, 0.15) is 12.8 Å². The first-order valence-corrected chi connectivity index (χ1v) is 7.82. The van der Waals surface area contributed by atoms with E-state index < -0.39 is 6.10 Å². The molecule has 1 unspecified atom stereocenters. The molecule has 0 N–H and O–H groups in total. The van der Waals surface area contributed by atoms with Crippen molar-refractivity contribution in [1.29, 1.82) is 0 Å². The number of nitrogens with zero attached hydrogens (tertiary/aromatic N) is 1. The Morgan fingerprint density at radius 2 is 2.05 bits per heavy atom. The molecule has 5 heteroatoms. The largest absolute Gasteiger partial charge is 0.485 e. The van der Waals surface area contributed by atoms with Gasteiger partial charge in [-0.15, -0.1) is 0 Å². The number of benzene rings is 1. The number of carbonyl (C=O) groups excluding carboxylic acids is 1. The van der Waals surface area contributed by atoms with Crippen molar-refractivity contribution in [2.75, 3.05) is 20.2 Å². The van der Waals surface area contributed by atoms with Gasteiger partial charge >= 0.3 is 0 Å². The molecule has 108 valence electrons. The topological polar surface area (TPSA) is 38.8 Å². The van der Waals surface area contributed by atoms with Gasteiger partial charge in [0.1, 0.15) is 6.61 Å². The first-order chi connectivity index (χ1) is 9.63. The SMILES string of the molecule is CN(CC1CC(Br)C1)C(=O)C1COc2ccccc2O1. The Hall–Kier alpha value is -1.23. The van der Waals surface area contributed by atoms with E-state index in [0.717, 1.165) is 19.4 Å². The van der Waals surface area contributed by atoms with Crippen LogP contribution in [0.4, 0.5) is 0 Å². The lowest BCUT2D eigenvalue weighted by molar-refractivity contribution is -0.140. The van der Waals surface area contributed by atoms with Crippen molar-refractivity contribution in [3.8, 4) is 11.5 Å². The van der Waals surface area contributed by atoms with Crippen LogP contribution in [0.15, 0.2) is 24.3 Å². The van der Waals surface area contributed by atoms with Crippen LogP contribution in [0.2, 0.25) is 0 Å². The molecule has 1 atom stereocenters. The molecule has 1 aliphatic carbocycles. The Morgan fingerprint density at radius 3 is 2.75 bits per heavy atom. The highest BCUT2D eigenvalue weighted by Crippen LogP contribution is 2.34. The lowest BCUT2D eigenvalue weighted by Gasteiger charge is -2.36. The number of hydrogen-bond donors (Lipinski definition) is 0. The molecule has 1 amide bonds. The van der Waals surface area contributed by atoms with Gasteiger partial charge in [0.05, 0.1) is 0 Å². The monoisotopic (exact) mass is 339 g/mol. The fourth-order valence-corrected chi connectivity index (χ4v) is 3.73. The molecular weight excluding hydrogens is 322 g/mol. The summed E-state index contributed by atoms with van der Waals surface area (Å²) in [5.74, 6) is 1.96. The number of halogens is 1. The summed E-state index contributed by atoms with van der Waals surface area (Å²) in [6.07, 6.45) is 1.75. The molecule has 1 aromatic rings. The van der Waals surface area contributed by atoms with Crippen LogP contribution in [-0.2, 0) is 4.79 Å². The molecule has 0 bridgehead atoms. The normalized spacial score (nSPS) is 27.6. The number of alkyl halides is 1. The summed E-state index contributed by atoms with van der Waals surface area (Å²) in [7, 11) is 1.84. The van der Waals surface area contributed by atoms with E-state index in [0.29, 0.717) is 22.2 Å².